The van der Waals surface area contributed by atoms with Crippen LogP contribution in [-0.2, 0) is 4.79 Å². The highest BCUT2D eigenvalue weighted by Crippen LogP contribution is 2.25. The molecule has 0 radical (unpaired) electrons. The summed E-state index contributed by atoms with van der Waals surface area (Å²) in [7, 11) is 3.62. The molecule has 0 aromatic heterocycles. The molecule has 0 saturated carbocycles. The van der Waals surface area contributed by atoms with E-state index in [1.807, 2.05) is 54.1 Å². The van der Waals surface area contributed by atoms with Crippen molar-refractivity contribution in [3.05, 3.63) is 42.5 Å². The van der Waals surface area contributed by atoms with Crippen molar-refractivity contribution >= 4 is 38.2 Å². The Bertz CT molecular complexity index is 515. The largest absolute Gasteiger partial charge is 0.326 e. The normalized spacial score (nSPS) is 11.8. The lowest BCUT2D eigenvalue weighted by molar-refractivity contribution is -0.116. The molecule has 0 fully saturated rings. The molecule has 24 heavy (non-hydrogen) atoms. The Morgan fingerprint density at radius 3 is 2.62 bits per heavy atom. The Morgan fingerprint density at radius 1 is 1.17 bits per heavy atom. The molecule has 3 nitrogen and oxygen atoms in total. The van der Waals surface area contributed by atoms with Gasteiger partial charge < -0.3 is 5.32 Å². The van der Waals surface area contributed by atoms with Crippen LogP contribution in [0.4, 0.5) is 5.69 Å². The van der Waals surface area contributed by atoms with Crippen LogP contribution >= 0.6 is 21.6 Å². The van der Waals surface area contributed by atoms with Gasteiger partial charge in [-0.3, -0.25) is 9.79 Å². The molecule has 0 atom stereocenters. The third-order valence-corrected chi connectivity index (χ3v) is 5.58. The predicted molar refractivity (Wildman–Crippen MR) is 111 cm³/mol. The van der Waals surface area contributed by atoms with Gasteiger partial charge in [-0.15, -0.1) is 0 Å². The van der Waals surface area contributed by atoms with Crippen molar-refractivity contribution in [2.75, 3.05) is 17.6 Å². The van der Waals surface area contributed by atoms with Gasteiger partial charge >= 0.3 is 0 Å². The average Bonchev–Trinajstić information content (AvgIpc) is 2.58. The summed E-state index contributed by atoms with van der Waals surface area (Å²) in [5.41, 5.74) is 0.876. The lowest BCUT2D eigenvalue weighted by Gasteiger charge is -2.05. The fourth-order valence-corrected chi connectivity index (χ4v) is 4.24. The number of hydrogen-bond acceptors (Lipinski definition) is 4. The SMILES string of the molecule is C/C=C\C(=NCC)SSCCCCCCC(=O)Nc1ccccc1. The molecule has 0 bridgehead atoms. The number of nitrogens with zero attached hydrogens (tertiary/aromatic N) is 1. The van der Waals surface area contributed by atoms with E-state index in [2.05, 4.69) is 23.3 Å². The molecule has 1 rings (SSSR count). The summed E-state index contributed by atoms with van der Waals surface area (Å²) in [6, 6.07) is 9.63. The first-order valence-electron chi connectivity index (χ1n) is 8.57. The van der Waals surface area contributed by atoms with E-state index in [0.717, 1.165) is 35.9 Å². The summed E-state index contributed by atoms with van der Waals surface area (Å²) in [5.74, 6) is 1.24. The van der Waals surface area contributed by atoms with Gasteiger partial charge in [-0.05, 0) is 55.7 Å². The lowest BCUT2D eigenvalue weighted by atomic mass is 10.1. The number of rotatable bonds is 11. The van der Waals surface area contributed by atoms with Crippen molar-refractivity contribution in [1.29, 1.82) is 0 Å². The quantitative estimate of drug-likeness (QED) is 0.228. The number of anilines is 1. The highest BCUT2D eigenvalue weighted by molar-refractivity contribution is 8.82. The molecule has 1 amide bonds. The number of allylic oxidation sites excluding steroid dienone is 1. The average molecular weight is 365 g/mol. The summed E-state index contributed by atoms with van der Waals surface area (Å²) in [6.07, 6.45) is 9.12. The van der Waals surface area contributed by atoms with Crippen molar-refractivity contribution in [1.82, 2.24) is 0 Å². The van der Waals surface area contributed by atoms with E-state index in [1.165, 1.54) is 12.8 Å². The molecule has 0 aliphatic heterocycles. The number of aliphatic imine (C=N–C) groups is 1. The Labute approximate surface area is 154 Å². The van der Waals surface area contributed by atoms with Crippen LogP contribution in [0.15, 0.2) is 47.5 Å². The molecule has 0 spiro atoms. The van der Waals surface area contributed by atoms with Crippen molar-refractivity contribution < 1.29 is 4.79 Å². The molecule has 0 aliphatic rings. The molecule has 5 heteroatoms. The second-order valence-corrected chi connectivity index (χ2v) is 7.73. The minimum absolute atomic E-state index is 0.109. The lowest BCUT2D eigenvalue weighted by Crippen LogP contribution is -2.10. The number of benzene rings is 1. The highest BCUT2D eigenvalue weighted by atomic mass is 33.1. The summed E-state index contributed by atoms with van der Waals surface area (Å²) in [4.78, 5) is 16.2. The van der Waals surface area contributed by atoms with Gasteiger partial charge in [0.15, 0.2) is 0 Å². The zero-order chi connectivity index (χ0) is 17.5. The third-order valence-electron chi connectivity index (χ3n) is 3.21. The van der Waals surface area contributed by atoms with E-state index in [9.17, 15) is 4.79 Å². The van der Waals surface area contributed by atoms with Crippen LogP contribution < -0.4 is 5.32 Å². The second-order valence-electron chi connectivity index (χ2n) is 5.30. The van der Waals surface area contributed by atoms with Crippen LogP contribution in [0.25, 0.3) is 0 Å². The van der Waals surface area contributed by atoms with Crippen LogP contribution in [0, 0.1) is 0 Å². The fraction of sp³-hybridized carbons (Fsp3) is 0.474. The topological polar surface area (TPSA) is 41.5 Å². The number of hydrogen-bond donors (Lipinski definition) is 1. The summed E-state index contributed by atoms with van der Waals surface area (Å²) in [6.45, 7) is 4.91. The third kappa shape index (κ3) is 10.6. The van der Waals surface area contributed by atoms with Gasteiger partial charge in [0.05, 0.1) is 0 Å². The van der Waals surface area contributed by atoms with Crippen LogP contribution in [0.5, 0.6) is 0 Å². The van der Waals surface area contributed by atoms with Gasteiger partial charge in [0.2, 0.25) is 5.91 Å². The number of carbonyl (C=O) groups is 1. The fourth-order valence-electron chi connectivity index (χ4n) is 2.05. The second kappa shape index (κ2) is 14.2. The number of carbonyl (C=O) groups excluding carboxylic acids is 1. The van der Waals surface area contributed by atoms with Crippen molar-refractivity contribution in [2.45, 2.75) is 46.0 Å². The standard InChI is InChI=1S/C19H28N2OS2/c1-3-12-19(20-4-2)24-23-16-11-6-5-10-15-18(22)21-17-13-8-7-9-14-17/h3,7-9,12-14H,4-6,10-11,15-16H2,1-2H3,(H,21,22)/b12-3-,20-19?. The van der Waals surface area contributed by atoms with Gasteiger partial charge in [0.1, 0.15) is 5.04 Å². The van der Waals surface area contributed by atoms with Crippen LogP contribution in [0.3, 0.4) is 0 Å². The van der Waals surface area contributed by atoms with Crippen LogP contribution in [0.1, 0.15) is 46.0 Å². The smallest absolute Gasteiger partial charge is 0.224 e. The molecule has 1 aromatic carbocycles. The minimum atomic E-state index is 0.109. The maximum atomic E-state index is 11.8. The Balaban J connectivity index is 2.00. The molecule has 0 aliphatic carbocycles. The minimum Gasteiger partial charge on any atom is -0.326 e. The van der Waals surface area contributed by atoms with Gasteiger partial charge in [-0.1, -0.05) is 47.9 Å². The number of nitrogens with one attached hydrogen (secondary N) is 1. The van der Waals surface area contributed by atoms with Gasteiger partial charge in [-0.25, -0.2) is 0 Å². The first-order valence-corrected chi connectivity index (χ1v) is 10.9. The molecule has 0 unspecified atom stereocenters. The van der Waals surface area contributed by atoms with E-state index < -0.39 is 0 Å². The Hall–Kier alpha value is -1.20. The van der Waals surface area contributed by atoms with Gasteiger partial charge in [-0.2, -0.15) is 0 Å². The first-order chi connectivity index (χ1) is 11.8. The predicted octanol–water partition coefficient (Wildman–Crippen LogP) is 5.95. The van der Waals surface area contributed by atoms with Crippen molar-refractivity contribution in [2.24, 2.45) is 4.99 Å². The molecular weight excluding hydrogens is 336 g/mol. The molecule has 1 aromatic rings. The summed E-state index contributed by atoms with van der Waals surface area (Å²) >= 11 is 0. The zero-order valence-electron chi connectivity index (χ0n) is 14.7. The maximum absolute atomic E-state index is 11.8. The van der Waals surface area contributed by atoms with Crippen LogP contribution in [0.2, 0.25) is 0 Å². The van der Waals surface area contributed by atoms with E-state index in [-0.39, 0.29) is 5.91 Å². The maximum Gasteiger partial charge on any atom is 0.224 e. The molecule has 0 heterocycles. The number of amides is 1. The number of para-hydroxylation sites is 1. The van der Waals surface area contributed by atoms with E-state index >= 15 is 0 Å². The first kappa shape index (κ1) is 20.8. The number of unbranched alkanes of at least 4 members (excludes halogenated alkanes) is 3. The van der Waals surface area contributed by atoms with Gasteiger partial charge in [0, 0.05) is 24.4 Å². The zero-order valence-corrected chi connectivity index (χ0v) is 16.3. The molecule has 132 valence electrons. The monoisotopic (exact) mass is 364 g/mol. The van der Waals surface area contributed by atoms with Crippen molar-refractivity contribution in [3.63, 3.8) is 0 Å². The molecule has 1 N–H and O–H groups in total. The Morgan fingerprint density at radius 2 is 1.92 bits per heavy atom. The van der Waals surface area contributed by atoms with Gasteiger partial charge in [0.25, 0.3) is 0 Å². The summed E-state index contributed by atoms with van der Waals surface area (Å²) < 4.78 is 0. The van der Waals surface area contributed by atoms with Crippen LogP contribution in [-0.4, -0.2) is 23.2 Å². The Kier molecular flexibility index (Phi) is 12.3. The highest BCUT2D eigenvalue weighted by Gasteiger charge is 2.02. The molecule has 0 saturated heterocycles. The molecular formula is C19H28N2OS2. The summed E-state index contributed by atoms with van der Waals surface area (Å²) in [5, 5.41) is 4.02. The van der Waals surface area contributed by atoms with E-state index in [0.29, 0.717) is 6.42 Å². The van der Waals surface area contributed by atoms with Crippen molar-refractivity contribution in [3.8, 4) is 0 Å². The van der Waals surface area contributed by atoms with E-state index in [4.69, 9.17) is 0 Å². The van der Waals surface area contributed by atoms with E-state index in [1.54, 1.807) is 10.8 Å².